The predicted molar refractivity (Wildman–Crippen MR) is 78.4 cm³/mol. The first-order valence-corrected chi connectivity index (χ1v) is 7.69. The number of carbonyl (C=O) groups is 1. The van der Waals surface area contributed by atoms with Gasteiger partial charge in [0.15, 0.2) is 0 Å². The highest BCUT2D eigenvalue weighted by Gasteiger charge is 2.25. The molecule has 0 saturated carbocycles. The molecule has 1 amide bonds. The lowest BCUT2D eigenvalue weighted by atomic mass is 10.2. The molecule has 1 unspecified atom stereocenters. The van der Waals surface area contributed by atoms with Crippen LogP contribution in [-0.4, -0.2) is 59.6 Å². The summed E-state index contributed by atoms with van der Waals surface area (Å²) in [6.07, 6.45) is -0.340. The highest BCUT2D eigenvalue weighted by molar-refractivity contribution is 7.20. The molecular weight excluding hydrogens is 307 g/mol. The van der Waals surface area contributed by atoms with Gasteiger partial charge in [0.1, 0.15) is 4.34 Å². The zero-order valence-electron chi connectivity index (χ0n) is 10.6. The van der Waals surface area contributed by atoms with Crippen LogP contribution in [0.1, 0.15) is 17.3 Å². The van der Waals surface area contributed by atoms with Gasteiger partial charge in [-0.1, -0.05) is 23.2 Å². The van der Waals surface area contributed by atoms with Crippen LogP contribution >= 0.6 is 34.5 Å². The molecule has 1 atom stereocenters. The number of rotatable bonds is 3. The highest BCUT2D eigenvalue weighted by atomic mass is 35.5. The molecule has 0 aromatic carbocycles. The van der Waals surface area contributed by atoms with Crippen LogP contribution in [-0.2, 0) is 0 Å². The number of carbonyl (C=O) groups excluding carboxylic acids is 1. The monoisotopic (exact) mass is 322 g/mol. The molecule has 19 heavy (non-hydrogen) atoms. The average molecular weight is 323 g/mol. The van der Waals surface area contributed by atoms with Crippen LogP contribution in [0.5, 0.6) is 0 Å². The highest BCUT2D eigenvalue weighted by Crippen LogP contribution is 2.32. The van der Waals surface area contributed by atoms with Gasteiger partial charge in [0.05, 0.1) is 16.0 Å². The van der Waals surface area contributed by atoms with Crippen LogP contribution in [0, 0.1) is 0 Å². The normalized spacial score (nSPS) is 18.6. The zero-order chi connectivity index (χ0) is 14.0. The summed E-state index contributed by atoms with van der Waals surface area (Å²) in [4.78, 5) is 16.2. The maximum absolute atomic E-state index is 12.3. The van der Waals surface area contributed by atoms with Crippen LogP contribution in [0.2, 0.25) is 8.67 Å². The predicted octanol–water partition coefficient (Wildman–Crippen LogP) is 2.19. The summed E-state index contributed by atoms with van der Waals surface area (Å²) in [5.41, 5.74) is 0.487. The van der Waals surface area contributed by atoms with Crippen molar-refractivity contribution < 1.29 is 9.90 Å². The Hall–Kier alpha value is -0.330. The van der Waals surface area contributed by atoms with E-state index in [0.717, 1.165) is 13.1 Å². The van der Waals surface area contributed by atoms with Crippen molar-refractivity contribution in [3.05, 3.63) is 20.3 Å². The van der Waals surface area contributed by atoms with E-state index in [2.05, 4.69) is 4.90 Å². The van der Waals surface area contributed by atoms with Crippen molar-refractivity contribution >= 4 is 40.4 Å². The standard InChI is InChI=1S/C12H16Cl2N2O2S/c1-8(17)7-15-2-4-16(5-3-15)12(18)9-6-10(13)19-11(9)14/h6,8,17H,2-5,7H2,1H3. The molecule has 2 heterocycles. The maximum atomic E-state index is 12.3. The van der Waals surface area contributed by atoms with Crippen LogP contribution in [0.15, 0.2) is 6.07 Å². The van der Waals surface area contributed by atoms with E-state index in [1.165, 1.54) is 11.3 Å². The minimum absolute atomic E-state index is 0.0650. The molecule has 0 aliphatic carbocycles. The number of piperazine rings is 1. The Morgan fingerprint density at radius 3 is 2.53 bits per heavy atom. The summed E-state index contributed by atoms with van der Waals surface area (Å²) in [6.45, 7) is 5.25. The van der Waals surface area contributed by atoms with Crippen LogP contribution in [0.4, 0.5) is 0 Å². The third kappa shape index (κ3) is 3.83. The lowest BCUT2D eigenvalue weighted by molar-refractivity contribution is 0.0554. The summed E-state index contributed by atoms with van der Waals surface area (Å²) in [6, 6.07) is 1.62. The van der Waals surface area contributed by atoms with Crippen molar-refractivity contribution in [2.45, 2.75) is 13.0 Å². The fraction of sp³-hybridized carbons (Fsp3) is 0.583. The number of thiophene rings is 1. The lowest BCUT2D eigenvalue weighted by Crippen LogP contribution is -2.50. The molecule has 1 aliphatic heterocycles. The van der Waals surface area contributed by atoms with Crippen molar-refractivity contribution in [3.63, 3.8) is 0 Å². The van der Waals surface area contributed by atoms with E-state index in [9.17, 15) is 9.90 Å². The molecule has 0 radical (unpaired) electrons. The average Bonchev–Trinajstić information content (AvgIpc) is 2.68. The number of aliphatic hydroxyl groups excluding tert-OH is 1. The van der Waals surface area contributed by atoms with Gasteiger partial charge < -0.3 is 10.0 Å². The van der Waals surface area contributed by atoms with Crippen LogP contribution < -0.4 is 0 Å². The van der Waals surface area contributed by atoms with Gasteiger partial charge in [0.2, 0.25) is 0 Å². The first-order chi connectivity index (χ1) is 8.97. The van der Waals surface area contributed by atoms with Gasteiger partial charge in [0.25, 0.3) is 5.91 Å². The van der Waals surface area contributed by atoms with E-state index >= 15 is 0 Å². The number of hydrogen-bond acceptors (Lipinski definition) is 4. The summed E-state index contributed by atoms with van der Waals surface area (Å²) >= 11 is 13.1. The number of β-amino-alcohol motifs (C(OH)–C–C–N with tert-alkyl or cyclic N) is 1. The van der Waals surface area contributed by atoms with Crippen LogP contribution in [0.3, 0.4) is 0 Å². The summed E-state index contributed by atoms with van der Waals surface area (Å²) in [7, 11) is 0. The summed E-state index contributed by atoms with van der Waals surface area (Å²) < 4.78 is 0.975. The molecule has 1 fully saturated rings. The molecule has 1 aromatic rings. The molecule has 7 heteroatoms. The van der Waals surface area contributed by atoms with Gasteiger partial charge in [-0.25, -0.2) is 0 Å². The van der Waals surface area contributed by atoms with E-state index < -0.39 is 0 Å². The Morgan fingerprint density at radius 1 is 1.42 bits per heavy atom. The largest absolute Gasteiger partial charge is 0.392 e. The first-order valence-electron chi connectivity index (χ1n) is 6.12. The van der Waals surface area contributed by atoms with Gasteiger partial charge in [-0.05, 0) is 13.0 Å². The van der Waals surface area contributed by atoms with E-state index in [4.69, 9.17) is 23.2 Å². The lowest BCUT2D eigenvalue weighted by Gasteiger charge is -2.35. The van der Waals surface area contributed by atoms with Gasteiger partial charge in [-0.15, -0.1) is 11.3 Å². The molecular formula is C12H16Cl2N2O2S. The number of nitrogens with zero attached hydrogens (tertiary/aromatic N) is 2. The molecule has 1 aromatic heterocycles. The maximum Gasteiger partial charge on any atom is 0.256 e. The molecule has 1 aliphatic rings. The Labute approximate surface area is 126 Å². The van der Waals surface area contributed by atoms with E-state index in [1.807, 2.05) is 0 Å². The fourth-order valence-electron chi connectivity index (χ4n) is 2.16. The second-order valence-electron chi connectivity index (χ2n) is 4.68. The van der Waals surface area contributed by atoms with Crippen molar-refractivity contribution in [1.29, 1.82) is 0 Å². The Kier molecular flexibility index (Phi) is 5.09. The molecule has 2 rings (SSSR count). The van der Waals surface area contributed by atoms with E-state index in [0.29, 0.717) is 33.9 Å². The smallest absolute Gasteiger partial charge is 0.256 e. The molecule has 106 valence electrons. The molecule has 0 bridgehead atoms. The summed E-state index contributed by atoms with van der Waals surface area (Å²) in [5.74, 6) is -0.0650. The third-order valence-corrected chi connectivity index (χ3v) is 4.56. The Bertz CT molecular complexity index is 457. The van der Waals surface area contributed by atoms with Gasteiger partial charge >= 0.3 is 0 Å². The van der Waals surface area contributed by atoms with Gasteiger partial charge in [-0.2, -0.15) is 0 Å². The molecule has 1 saturated heterocycles. The fourth-order valence-corrected chi connectivity index (χ4v) is 3.61. The summed E-state index contributed by atoms with van der Waals surface area (Å²) in [5, 5.41) is 9.34. The van der Waals surface area contributed by atoms with Gasteiger partial charge in [-0.3, -0.25) is 9.69 Å². The number of amides is 1. The first kappa shape index (κ1) is 15.1. The quantitative estimate of drug-likeness (QED) is 0.927. The Balaban J connectivity index is 1.94. The minimum atomic E-state index is -0.340. The van der Waals surface area contributed by atoms with Crippen molar-refractivity contribution in [2.75, 3.05) is 32.7 Å². The molecule has 1 N–H and O–H groups in total. The van der Waals surface area contributed by atoms with Crippen molar-refractivity contribution in [2.24, 2.45) is 0 Å². The number of aliphatic hydroxyl groups is 1. The zero-order valence-corrected chi connectivity index (χ0v) is 12.9. The number of hydrogen-bond donors (Lipinski definition) is 1. The van der Waals surface area contributed by atoms with Gasteiger partial charge in [0, 0.05) is 32.7 Å². The second-order valence-corrected chi connectivity index (χ2v) is 6.97. The number of halogens is 2. The van der Waals surface area contributed by atoms with Crippen LogP contribution in [0.25, 0.3) is 0 Å². The minimum Gasteiger partial charge on any atom is -0.392 e. The van der Waals surface area contributed by atoms with Crippen molar-refractivity contribution in [1.82, 2.24) is 9.80 Å². The third-order valence-electron chi connectivity index (χ3n) is 3.07. The molecule has 4 nitrogen and oxygen atoms in total. The molecule has 0 spiro atoms. The topological polar surface area (TPSA) is 43.8 Å². The van der Waals surface area contributed by atoms with E-state index in [-0.39, 0.29) is 12.0 Å². The second kappa shape index (κ2) is 6.41. The Morgan fingerprint density at radius 2 is 2.05 bits per heavy atom. The SMILES string of the molecule is CC(O)CN1CCN(C(=O)c2cc(Cl)sc2Cl)CC1. The van der Waals surface area contributed by atoms with E-state index in [1.54, 1.807) is 17.9 Å². The van der Waals surface area contributed by atoms with Crippen molar-refractivity contribution in [3.8, 4) is 0 Å².